The summed E-state index contributed by atoms with van der Waals surface area (Å²) in [5.41, 5.74) is 10.9. The molecule has 210 valence electrons. The van der Waals surface area contributed by atoms with Crippen molar-refractivity contribution in [1.29, 1.82) is 0 Å². The number of hydrogen-bond donors (Lipinski definition) is 5. The van der Waals surface area contributed by atoms with E-state index in [9.17, 15) is 14.4 Å². The zero-order valence-electron chi connectivity index (χ0n) is 21.8. The first-order chi connectivity index (χ1) is 17.4. The minimum atomic E-state index is -0.644. The van der Waals surface area contributed by atoms with Crippen molar-refractivity contribution in [3.63, 3.8) is 0 Å². The number of nitrogens with zero attached hydrogens (tertiary/aromatic N) is 1. The van der Waals surface area contributed by atoms with Crippen LogP contribution in [0.3, 0.4) is 0 Å². The summed E-state index contributed by atoms with van der Waals surface area (Å²) in [7, 11) is 0. The van der Waals surface area contributed by atoms with Gasteiger partial charge in [0.25, 0.3) is 0 Å². The first-order valence-electron chi connectivity index (χ1n) is 12.8. The molecule has 0 aromatic carbocycles. The van der Waals surface area contributed by atoms with Crippen LogP contribution in [0.25, 0.3) is 0 Å². The zero-order valence-corrected chi connectivity index (χ0v) is 21.8. The molecule has 0 spiro atoms. The van der Waals surface area contributed by atoms with Gasteiger partial charge in [0.2, 0.25) is 11.8 Å². The van der Waals surface area contributed by atoms with E-state index >= 15 is 0 Å². The number of nitrogens with two attached hydrogens (primary N) is 2. The summed E-state index contributed by atoms with van der Waals surface area (Å²) >= 11 is 0. The molecule has 0 aliphatic carbocycles. The maximum atomic E-state index is 12.5. The molecule has 3 atom stereocenters. The van der Waals surface area contributed by atoms with Gasteiger partial charge in [-0.05, 0) is 6.92 Å². The van der Waals surface area contributed by atoms with E-state index in [-0.39, 0.29) is 63.2 Å². The predicted octanol–water partition coefficient (Wildman–Crippen LogP) is -1.60. The molecule has 1 saturated heterocycles. The Hall–Kier alpha value is -1.87. The fraction of sp³-hybridized carbons (Fsp3) is 0.870. The van der Waals surface area contributed by atoms with Gasteiger partial charge in [0.1, 0.15) is 6.61 Å². The smallest absolute Gasteiger partial charge is 0.407 e. The molecule has 1 aliphatic heterocycles. The fourth-order valence-electron chi connectivity index (χ4n) is 3.43. The summed E-state index contributed by atoms with van der Waals surface area (Å²) in [6.07, 6.45) is -0.0655. The standard InChI is InChI=1S/C23H46N6O7/c1-18-19(2)36-17-20(18)34-15-13-33-14-16-35-23(32)28-11-12-29(21(30)3-7-26-9-5-24)22(31)4-8-27-10-6-25/h18-20,26-27H,3-17,24-25H2,1-2H3,(H,28,32)/t18-,19-,20-/m1/s1. The molecule has 0 unspecified atom stereocenters. The van der Waals surface area contributed by atoms with Crippen LogP contribution in [0.2, 0.25) is 0 Å². The molecule has 13 heteroatoms. The average molecular weight is 519 g/mol. The Labute approximate surface area is 214 Å². The van der Waals surface area contributed by atoms with Crippen molar-refractivity contribution >= 4 is 17.9 Å². The van der Waals surface area contributed by atoms with Crippen molar-refractivity contribution in [2.75, 3.05) is 85.4 Å². The van der Waals surface area contributed by atoms with Crippen LogP contribution in [-0.4, -0.2) is 120 Å². The summed E-state index contributed by atoms with van der Waals surface area (Å²) < 4.78 is 21.8. The molecule has 0 aromatic rings. The van der Waals surface area contributed by atoms with Gasteiger partial charge >= 0.3 is 6.09 Å². The van der Waals surface area contributed by atoms with Gasteiger partial charge < -0.3 is 46.4 Å². The van der Waals surface area contributed by atoms with Crippen molar-refractivity contribution < 1.29 is 33.3 Å². The summed E-state index contributed by atoms with van der Waals surface area (Å²) in [5, 5.41) is 8.61. The highest BCUT2D eigenvalue weighted by Crippen LogP contribution is 2.22. The number of hydrogen-bond acceptors (Lipinski definition) is 11. The molecule has 1 aliphatic rings. The van der Waals surface area contributed by atoms with Crippen LogP contribution < -0.4 is 27.4 Å². The summed E-state index contributed by atoms with van der Waals surface area (Å²) in [6, 6.07) is 0. The van der Waals surface area contributed by atoms with Crippen molar-refractivity contribution in [1.82, 2.24) is 20.9 Å². The van der Waals surface area contributed by atoms with Crippen LogP contribution in [-0.2, 0) is 28.5 Å². The van der Waals surface area contributed by atoms with Gasteiger partial charge in [0.15, 0.2) is 0 Å². The Balaban J connectivity index is 2.22. The first-order valence-corrected chi connectivity index (χ1v) is 12.8. The molecule has 13 nitrogen and oxygen atoms in total. The molecule has 0 radical (unpaired) electrons. The molecule has 0 bridgehead atoms. The second-order valence-electron chi connectivity index (χ2n) is 8.50. The highest BCUT2D eigenvalue weighted by molar-refractivity contribution is 5.95. The van der Waals surface area contributed by atoms with E-state index < -0.39 is 6.09 Å². The molecule has 1 fully saturated rings. The van der Waals surface area contributed by atoms with E-state index in [0.29, 0.717) is 65.0 Å². The van der Waals surface area contributed by atoms with Crippen LogP contribution in [0, 0.1) is 5.92 Å². The van der Waals surface area contributed by atoms with Crippen LogP contribution in [0.15, 0.2) is 0 Å². The minimum Gasteiger partial charge on any atom is -0.447 e. The van der Waals surface area contributed by atoms with E-state index in [1.54, 1.807) is 0 Å². The SMILES string of the molecule is C[C@@H]1[C@@H](C)OC[C@H]1OCCOCCOC(=O)NCCN(C(=O)CCNCCN)C(=O)CCNCCN. The van der Waals surface area contributed by atoms with Crippen molar-refractivity contribution in [2.24, 2.45) is 17.4 Å². The quantitative estimate of drug-likeness (QED) is 0.117. The third kappa shape index (κ3) is 14.0. The molecule has 36 heavy (non-hydrogen) atoms. The van der Waals surface area contributed by atoms with Gasteiger partial charge in [-0.3, -0.25) is 14.5 Å². The van der Waals surface area contributed by atoms with Gasteiger partial charge in [-0.25, -0.2) is 4.79 Å². The molecule has 0 aromatic heterocycles. The Morgan fingerprint density at radius 3 is 2.06 bits per heavy atom. The van der Waals surface area contributed by atoms with E-state index in [1.165, 1.54) is 0 Å². The number of ether oxygens (including phenoxy) is 4. The average Bonchev–Trinajstić information content (AvgIpc) is 3.18. The van der Waals surface area contributed by atoms with E-state index in [1.807, 2.05) is 6.92 Å². The van der Waals surface area contributed by atoms with Crippen LogP contribution in [0.5, 0.6) is 0 Å². The van der Waals surface area contributed by atoms with Crippen LogP contribution in [0.4, 0.5) is 4.79 Å². The highest BCUT2D eigenvalue weighted by atomic mass is 16.6. The zero-order chi connectivity index (χ0) is 26.6. The first kappa shape index (κ1) is 32.2. The number of nitrogens with one attached hydrogen (secondary N) is 3. The summed E-state index contributed by atoms with van der Waals surface area (Å²) in [6.45, 7) is 8.93. The Kier molecular flexibility index (Phi) is 18.1. The molecule has 3 amide bonds. The number of carbonyl (C=O) groups excluding carboxylic acids is 3. The molecule has 0 saturated carbocycles. The van der Waals surface area contributed by atoms with Crippen molar-refractivity contribution in [3.8, 4) is 0 Å². The van der Waals surface area contributed by atoms with Gasteiger partial charge in [-0.2, -0.15) is 0 Å². The number of imide groups is 1. The topological polar surface area (TPSA) is 180 Å². The Morgan fingerprint density at radius 1 is 0.889 bits per heavy atom. The third-order valence-electron chi connectivity index (χ3n) is 5.75. The number of carbonyl (C=O) groups is 3. The lowest BCUT2D eigenvalue weighted by atomic mass is 10.0. The number of rotatable bonds is 20. The van der Waals surface area contributed by atoms with Crippen LogP contribution in [0.1, 0.15) is 26.7 Å². The van der Waals surface area contributed by atoms with E-state index in [0.717, 1.165) is 4.90 Å². The normalized spacial score (nSPS) is 19.3. The highest BCUT2D eigenvalue weighted by Gasteiger charge is 2.31. The maximum Gasteiger partial charge on any atom is 0.407 e. The largest absolute Gasteiger partial charge is 0.447 e. The lowest BCUT2D eigenvalue weighted by molar-refractivity contribution is -0.144. The predicted molar refractivity (Wildman–Crippen MR) is 134 cm³/mol. The number of alkyl carbamates (subject to hydrolysis) is 1. The number of amides is 3. The second-order valence-corrected chi connectivity index (χ2v) is 8.50. The Bertz CT molecular complexity index is 604. The molecular formula is C23H46N6O7. The van der Waals surface area contributed by atoms with E-state index in [2.05, 4.69) is 22.9 Å². The van der Waals surface area contributed by atoms with Gasteiger partial charge in [0.05, 0.1) is 38.6 Å². The maximum absolute atomic E-state index is 12.5. The lowest BCUT2D eigenvalue weighted by Crippen LogP contribution is -2.44. The molecule has 1 heterocycles. The van der Waals surface area contributed by atoms with Crippen molar-refractivity contribution in [2.45, 2.75) is 38.9 Å². The van der Waals surface area contributed by atoms with Crippen LogP contribution >= 0.6 is 0 Å². The van der Waals surface area contributed by atoms with Gasteiger partial charge in [0, 0.05) is 71.1 Å². The summed E-state index contributed by atoms with van der Waals surface area (Å²) in [4.78, 5) is 38.2. The fourth-order valence-corrected chi connectivity index (χ4v) is 3.43. The lowest BCUT2D eigenvalue weighted by Gasteiger charge is -2.21. The third-order valence-corrected chi connectivity index (χ3v) is 5.75. The molecular weight excluding hydrogens is 472 g/mol. The minimum absolute atomic E-state index is 0.0519. The second kappa shape index (κ2) is 20.2. The van der Waals surface area contributed by atoms with Gasteiger partial charge in [-0.1, -0.05) is 6.92 Å². The van der Waals surface area contributed by atoms with Crippen molar-refractivity contribution in [3.05, 3.63) is 0 Å². The molecule has 7 N–H and O–H groups in total. The molecule has 1 rings (SSSR count). The van der Waals surface area contributed by atoms with E-state index in [4.69, 9.17) is 30.4 Å². The Morgan fingerprint density at radius 2 is 1.50 bits per heavy atom. The summed E-state index contributed by atoms with van der Waals surface area (Å²) in [5.74, 6) is -0.288. The van der Waals surface area contributed by atoms with Gasteiger partial charge in [-0.15, -0.1) is 0 Å². The monoisotopic (exact) mass is 518 g/mol.